The summed E-state index contributed by atoms with van der Waals surface area (Å²) in [6.45, 7) is 0.196. The van der Waals surface area contributed by atoms with Gasteiger partial charge in [-0.05, 0) is 35.7 Å². The summed E-state index contributed by atoms with van der Waals surface area (Å²) in [6, 6.07) is 14.7. The van der Waals surface area contributed by atoms with Gasteiger partial charge in [0, 0.05) is 6.42 Å². The minimum Gasteiger partial charge on any atom is -0.467 e. The third-order valence-electron chi connectivity index (χ3n) is 4.84. The van der Waals surface area contributed by atoms with Gasteiger partial charge in [-0.2, -0.15) is 5.10 Å². The summed E-state index contributed by atoms with van der Waals surface area (Å²) < 4.78 is 5.61. The van der Waals surface area contributed by atoms with Crippen molar-refractivity contribution in [2.75, 3.05) is 11.6 Å². The molecule has 5 rings (SSSR count). The fraction of sp³-hybridized carbons (Fsp3) is 0.150. The number of hydrogen-bond donors (Lipinski definition) is 0. The Balaban J connectivity index is 1.50. The lowest BCUT2D eigenvalue weighted by atomic mass is 10.1. The molecule has 6 nitrogen and oxygen atoms in total. The normalized spacial score (nSPS) is 19.0. The molecule has 2 aliphatic rings. The zero-order valence-corrected chi connectivity index (χ0v) is 15.1. The van der Waals surface area contributed by atoms with E-state index >= 15 is 0 Å². The van der Waals surface area contributed by atoms with Crippen LogP contribution >= 0.6 is 11.3 Å². The second-order valence-electron chi connectivity index (χ2n) is 6.42. The zero-order valence-electron chi connectivity index (χ0n) is 14.2. The van der Waals surface area contributed by atoms with Crippen molar-refractivity contribution in [3.05, 3.63) is 76.4 Å². The molecule has 0 radical (unpaired) electrons. The van der Waals surface area contributed by atoms with Crippen molar-refractivity contribution in [3.8, 4) is 0 Å². The van der Waals surface area contributed by atoms with Crippen molar-refractivity contribution in [1.82, 2.24) is 5.01 Å². The number of para-hydroxylation sites is 1. The van der Waals surface area contributed by atoms with Crippen LogP contribution in [-0.4, -0.2) is 29.1 Å². The zero-order chi connectivity index (χ0) is 18.4. The van der Waals surface area contributed by atoms with E-state index in [0.29, 0.717) is 17.7 Å². The first-order valence-corrected chi connectivity index (χ1v) is 9.47. The average molecular weight is 377 g/mol. The Hall–Kier alpha value is -3.19. The van der Waals surface area contributed by atoms with Crippen LogP contribution in [-0.2, 0) is 4.79 Å². The Bertz CT molecular complexity index is 1040. The van der Waals surface area contributed by atoms with Crippen LogP contribution in [0.5, 0.6) is 0 Å². The van der Waals surface area contributed by atoms with E-state index in [1.165, 1.54) is 4.90 Å². The predicted octanol–water partition coefficient (Wildman–Crippen LogP) is 3.68. The monoisotopic (exact) mass is 377 g/mol. The number of carbonyl (C=O) groups excluding carboxylic acids is 2. The highest BCUT2D eigenvalue weighted by atomic mass is 32.1. The van der Waals surface area contributed by atoms with Crippen LogP contribution < -0.4 is 4.90 Å². The first kappa shape index (κ1) is 16.0. The maximum Gasteiger partial charge on any atom is 0.301 e. The predicted molar refractivity (Wildman–Crippen MR) is 102 cm³/mol. The van der Waals surface area contributed by atoms with E-state index in [1.54, 1.807) is 35.8 Å². The van der Waals surface area contributed by atoms with Crippen molar-refractivity contribution in [2.24, 2.45) is 5.10 Å². The highest BCUT2D eigenvalue weighted by molar-refractivity contribution is 7.12. The molecule has 0 spiro atoms. The summed E-state index contributed by atoms with van der Waals surface area (Å²) in [7, 11) is 0. The molecule has 1 aromatic carbocycles. The fourth-order valence-corrected chi connectivity index (χ4v) is 4.26. The average Bonchev–Trinajstić information content (AvgIpc) is 3.47. The molecule has 27 heavy (non-hydrogen) atoms. The Kier molecular flexibility index (Phi) is 3.68. The lowest BCUT2D eigenvalue weighted by Gasteiger charge is -2.27. The Morgan fingerprint density at radius 3 is 2.78 bits per heavy atom. The van der Waals surface area contributed by atoms with E-state index in [2.05, 4.69) is 0 Å². The number of Topliss-reactive ketones (excluding diaryl/α,β-unsaturated/α-hetero) is 1. The Labute approximate surface area is 159 Å². The van der Waals surface area contributed by atoms with Gasteiger partial charge < -0.3 is 4.42 Å². The summed E-state index contributed by atoms with van der Waals surface area (Å²) >= 11 is 1.63. The lowest BCUT2D eigenvalue weighted by molar-refractivity contribution is -0.114. The van der Waals surface area contributed by atoms with Gasteiger partial charge in [0.25, 0.3) is 5.78 Å². The van der Waals surface area contributed by atoms with Gasteiger partial charge in [-0.3, -0.25) is 19.5 Å². The van der Waals surface area contributed by atoms with Gasteiger partial charge in [-0.1, -0.05) is 18.2 Å². The molecule has 7 heteroatoms. The molecule has 134 valence electrons. The molecule has 2 aliphatic heterocycles. The molecule has 0 saturated carbocycles. The number of fused-ring (bicyclic) bond motifs is 1. The number of hydrogen-bond acceptors (Lipinski definition) is 6. The van der Waals surface area contributed by atoms with E-state index in [0.717, 1.165) is 16.3 Å². The number of carbonyl (C=O) groups is 2. The molecule has 2 aromatic heterocycles. The number of benzene rings is 1. The molecular formula is C20H15N3O3S. The van der Waals surface area contributed by atoms with Gasteiger partial charge >= 0.3 is 5.91 Å². The smallest absolute Gasteiger partial charge is 0.301 e. The number of hydrazone groups is 1. The first-order valence-electron chi connectivity index (χ1n) is 8.59. The third kappa shape index (κ3) is 2.59. The maximum atomic E-state index is 12.5. The van der Waals surface area contributed by atoms with Gasteiger partial charge in [-0.15, -0.1) is 11.3 Å². The second-order valence-corrected chi connectivity index (χ2v) is 7.37. The fourth-order valence-electron chi connectivity index (χ4n) is 3.54. The molecule has 4 heterocycles. The van der Waals surface area contributed by atoms with E-state index in [1.807, 2.05) is 40.7 Å². The van der Waals surface area contributed by atoms with Crippen LogP contribution in [0.15, 0.2) is 69.7 Å². The molecule has 1 atom stereocenters. The molecule has 0 fully saturated rings. The van der Waals surface area contributed by atoms with E-state index < -0.39 is 11.7 Å². The highest BCUT2D eigenvalue weighted by Crippen LogP contribution is 2.36. The van der Waals surface area contributed by atoms with Gasteiger partial charge in [0.1, 0.15) is 18.5 Å². The van der Waals surface area contributed by atoms with E-state index in [4.69, 9.17) is 9.52 Å². The highest BCUT2D eigenvalue weighted by Gasteiger charge is 2.39. The van der Waals surface area contributed by atoms with Crippen LogP contribution in [0, 0.1) is 0 Å². The summed E-state index contributed by atoms with van der Waals surface area (Å²) in [5.41, 5.74) is 2.03. The van der Waals surface area contributed by atoms with Crippen molar-refractivity contribution in [3.63, 3.8) is 0 Å². The van der Waals surface area contributed by atoms with Crippen LogP contribution in [0.2, 0.25) is 0 Å². The number of thiophene rings is 1. The quantitative estimate of drug-likeness (QED) is 0.651. The number of rotatable bonds is 4. The van der Waals surface area contributed by atoms with Crippen LogP contribution in [0.1, 0.15) is 33.5 Å². The van der Waals surface area contributed by atoms with E-state index in [-0.39, 0.29) is 12.7 Å². The number of ketones is 1. The number of anilines is 1. The van der Waals surface area contributed by atoms with Gasteiger partial charge in [0.2, 0.25) is 0 Å². The summed E-state index contributed by atoms with van der Waals surface area (Å²) in [5.74, 6) is -0.201. The SMILES string of the molecule is O=C1C(=O)N(CN2N=C(c3cccs3)C[C@@H]2c2ccco2)c2ccccc21. The van der Waals surface area contributed by atoms with Crippen molar-refractivity contribution >= 4 is 34.4 Å². The molecule has 0 aliphatic carbocycles. The minimum atomic E-state index is -0.519. The molecule has 1 amide bonds. The van der Waals surface area contributed by atoms with Crippen LogP contribution in [0.25, 0.3) is 0 Å². The van der Waals surface area contributed by atoms with Gasteiger partial charge in [-0.25, -0.2) is 0 Å². The van der Waals surface area contributed by atoms with Crippen molar-refractivity contribution in [2.45, 2.75) is 12.5 Å². The van der Waals surface area contributed by atoms with Gasteiger partial charge in [0.15, 0.2) is 0 Å². The summed E-state index contributed by atoms with van der Waals surface area (Å²) in [5, 5.41) is 8.61. The molecule has 0 N–H and O–H groups in total. The van der Waals surface area contributed by atoms with E-state index in [9.17, 15) is 9.59 Å². The molecule has 0 bridgehead atoms. The number of nitrogens with zero attached hydrogens (tertiary/aromatic N) is 3. The standard InChI is InChI=1S/C20H15N3O3S/c24-19-13-5-1-2-6-15(13)22(20(19)25)12-23-16(17-7-3-9-26-17)11-14(21-23)18-8-4-10-27-18/h1-10,16H,11-12H2/t16-/m1/s1. The van der Waals surface area contributed by atoms with Crippen LogP contribution in [0.3, 0.4) is 0 Å². The first-order chi connectivity index (χ1) is 13.2. The Morgan fingerprint density at radius 2 is 2.00 bits per heavy atom. The molecule has 0 unspecified atom stereocenters. The van der Waals surface area contributed by atoms with Gasteiger partial charge in [0.05, 0.1) is 28.1 Å². The maximum absolute atomic E-state index is 12.5. The molecule has 0 saturated heterocycles. The van der Waals surface area contributed by atoms with Crippen molar-refractivity contribution < 1.29 is 14.0 Å². The lowest BCUT2D eigenvalue weighted by Crippen LogP contribution is -2.39. The van der Waals surface area contributed by atoms with Crippen LogP contribution in [0.4, 0.5) is 5.69 Å². The topological polar surface area (TPSA) is 66.1 Å². The molecular weight excluding hydrogens is 362 g/mol. The minimum absolute atomic E-state index is 0.118. The molecule has 3 aromatic rings. The number of amides is 1. The third-order valence-corrected chi connectivity index (χ3v) is 5.76. The summed E-state index contributed by atoms with van der Waals surface area (Å²) in [4.78, 5) is 27.4. The Morgan fingerprint density at radius 1 is 1.11 bits per heavy atom. The van der Waals surface area contributed by atoms with Crippen molar-refractivity contribution in [1.29, 1.82) is 0 Å². The number of furan rings is 1. The largest absolute Gasteiger partial charge is 0.467 e. The summed E-state index contributed by atoms with van der Waals surface area (Å²) in [6.07, 6.45) is 2.32. The second kappa shape index (κ2) is 6.21.